The molecule has 7 nitrogen and oxygen atoms in total. The van der Waals surface area contributed by atoms with E-state index in [0.717, 1.165) is 22.4 Å². The predicted octanol–water partition coefficient (Wildman–Crippen LogP) is 4.82. The number of hydrogen-bond donors (Lipinski definition) is 1. The van der Waals surface area contributed by atoms with Crippen LogP contribution in [0.25, 0.3) is 16.9 Å². The number of anilines is 1. The predicted molar refractivity (Wildman–Crippen MR) is 120 cm³/mol. The molecule has 0 saturated heterocycles. The third kappa shape index (κ3) is 3.24. The van der Waals surface area contributed by atoms with Gasteiger partial charge in [0.2, 0.25) is 0 Å². The fourth-order valence-corrected chi connectivity index (χ4v) is 4.53. The minimum atomic E-state index is -0.316. The summed E-state index contributed by atoms with van der Waals surface area (Å²) in [5.74, 6) is 0.927. The molecule has 0 saturated carbocycles. The molecule has 1 aliphatic rings. The topological polar surface area (TPSA) is 78.3 Å². The third-order valence-electron chi connectivity index (χ3n) is 5.16. The highest BCUT2D eigenvalue weighted by Crippen LogP contribution is 2.45. The first-order valence-electron chi connectivity index (χ1n) is 9.43. The number of hydrogen-bond acceptors (Lipinski definition) is 6. The van der Waals surface area contributed by atoms with Crippen molar-refractivity contribution >= 4 is 34.0 Å². The smallest absolute Gasteiger partial charge is 0.278 e. The summed E-state index contributed by atoms with van der Waals surface area (Å²) >= 11 is 7.83. The van der Waals surface area contributed by atoms with Crippen molar-refractivity contribution in [2.24, 2.45) is 0 Å². The Balaban J connectivity index is 1.70. The van der Waals surface area contributed by atoms with Crippen LogP contribution in [0, 0.1) is 0 Å². The number of thiazole rings is 1. The van der Waals surface area contributed by atoms with E-state index in [2.05, 4.69) is 15.4 Å². The quantitative estimate of drug-likeness (QED) is 0.413. The molecule has 2 aromatic heterocycles. The zero-order valence-corrected chi connectivity index (χ0v) is 18.3. The molecule has 4 aromatic rings. The van der Waals surface area contributed by atoms with Gasteiger partial charge in [0.05, 0.1) is 30.6 Å². The van der Waals surface area contributed by atoms with Crippen LogP contribution < -0.4 is 14.8 Å². The summed E-state index contributed by atoms with van der Waals surface area (Å²) in [6, 6.07) is 11.3. The average molecular weight is 453 g/mol. The Bertz CT molecular complexity index is 1300. The van der Waals surface area contributed by atoms with E-state index in [4.69, 9.17) is 21.1 Å². The molecule has 5 rings (SSSR count). The van der Waals surface area contributed by atoms with Crippen molar-refractivity contribution in [2.75, 3.05) is 19.5 Å². The number of para-hydroxylation sites is 1. The highest BCUT2D eigenvalue weighted by atomic mass is 35.5. The highest BCUT2D eigenvalue weighted by Gasteiger charge is 2.33. The molecule has 156 valence electrons. The summed E-state index contributed by atoms with van der Waals surface area (Å²) in [6.07, 6.45) is 2.18. The number of ether oxygens (including phenoxy) is 2. The minimum absolute atomic E-state index is 0.316. The lowest BCUT2D eigenvalue weighted by molar-refractivity contribution is 0.102. The van der Waals surface area contributed by atoms with Gasteiger partial charge < -0.3 is 9.47 Å². The van der Waals surface area contributed by atoms with Crippen molar-refractivity contribution in [3.8, 4) is 28.4 Å². The van der Waals surface area contributed by atoms with Crippen LogP contribution in [0.2, 0.25) is 5.02 Å². The Labute approximate surface area is 187 Å². The molecule has 1 amide bonds. The molecule has 0 aliphatic heterocycles. The Kier molecular flexibility index (Phi) is 4.88. The van der Waals surface area contributed by atoms with Crippen LogP contribution in [-0.2, 0) is 6.42 Å². The molecule has 2 heterocycles. The average Bonchev–Trinajstić information content (AvgIpc) is 3.49. The summed E-state index contributed by atoms with van der Waals surface area (Å²) in [7, 11) is 3.20. The van der Waals surface area contributed by atoms with Gasteiger partial charge in [-0.2, -0.15) is 5.10 Å². The number of benzene rings is 2. The number of carbonyl (C=O) groups is 1. The number of aromatic nitrogens is 3. The van der Waals surface area contributed by atoms with Crippen molar-refractivity contribution in [2.45, 2.75) is 6.42 Å². The van der Waals surface area contributed by atoms with Crippen LogP contribution in [0.15, 0.2) is 48.0 Å². The van der Waals surface area contributed by atoms with E-state index >= 15 is 0 Å². The molecule has 9 heteroatoms. The number of amides is 1. The van der Waals surface area contributed by atoms with E-state index in [1.54, 1.807) is 36.5 Å². The molecule has 0 spiro atoms. The molecule has 0 radical (unpaired) electrons. The van der Waals surface area contributed by atoms with Gasteiger partial charge in [-0.3, -0.25) is 10.1 Å². The summed E-state index contributed by atoms with van der Waals surface area (Å²) < 4.78 is 12.7. The Morgan fingerprint density at radius 2 is 1.97 bits per heavy atom. The van der Waals surface area contributed by atoms with Gasteiger partial charge >= 0.3 is 0 Å². The molecule has 0 atom stereocenters. The number of nitrogens with one attached hydrogen (secondary N) is 1. The molecule has 1 N–H and O–H groups in total. The van der Waals surface area contributed by atoms with Crippen LogP contribution in [-0.4, -0.2) is 34.9 Å². The monoisotopic (exact) mass is 452 g/mol. The molecule has 0 unspecified atom stereocenters. The molecule has 31 heavy (non-hydrogen) atoms. The highest BCUT2D eigenvalue weighted by molar-refractivity contribution is 7.13. The number of carbonyl (C=O) groups excluding carboxylic acids is 1. The second kappa shape index (κ2) is 7.72. The normalized spacial score (nSPS) is 11.7. The Hall–Kier alpha value is -3.36. The minimum Gasteiger partial charge on any atom is -0.493 e. The summed E-state index contributed by atoms with van der Waals surface area (Å²) in [5.41, 5.74) is 4.60. The van der Waals surface area contributed by atoms with Crippen LogP contribution in [0.3, 0.4) is 0 Å². The Morgan fingerprint density at radius 1 is 1.19 bits per heavy atom. The van der Waals surface area contributed by atoms with Gasteiger partial charge in [-0.05, 0) is 29.8 Å². The maximum absolute atomic E-state index is 13.1. The maximum Gasteiger partial charge on any atom is 0.278 e. The molecule has 0 bridgehead atoms. The van der Waals surface area contributed by atoms with Crippen LogP contribution in [0.5, 0.6) is 11.5 Å². The van der Waals surface area contributed by atoms with E-state index in [1.807, 2.05) is 30.3 Å². The Morgan fingerprint density at radius 3 is 2.68 bits per heavy atom. The van der Waals surface area contributed by atoms with Gasteiger partial charge in [0.1, 0.15) is 0 Å². The van der Waals surface area contributed by atoms with E-state index in [-0.39, 0.29) is 5.91 Å². The van der Waals surface area contributed by atoms with Crippen LogP contribution in [0.1, 0.15) is 21.6 Å². The number of nitrogens with zero attached hydrogens (tertiary/aromatic N) is 3. The fourth-order valence-electron chi connectivity index (χ4n) is 3.79. The van der Waals surface area contributed by atoms with Crippen molar-refractivity contribution in [3.63, 3.8) is 0 Å². The largest absolute Gasteiger partial charge is 0.493 e. The van der Waals surface area contributed by atoms with E-state index in [9.17, 15) is 4.79 Å². The number of methoxy groups -OCH3 is 2. The van der Waals surface area contributed by atoms with Gasteiger partial charge in [0.15, 0.2) is 22.3 Å². The lowest BCUT2D eigenvalue weighted by Crippen LogP contribution is -2.15. The van der Waals surface area contributed by atoms with E-state index < -0.39 is 0 Å². The first kappa shape index (κ1) is 19.6. The lowest BCUT2D eigenvalue weighted by Gasteiger charge is -2.13. The van der Waals surface area contributed by atoms with Gasteiger partial charge in [-0.25, -0.2) is 9.67 Å². The van der Waals surface area contributed by atoms with Gasteiger partial charge in [-0.15, -0.1) is 11.3 Å². The molecule has 2 aromatic carbocycles. The zero-order valence-electron chi connectivity index (χ0n) is 16.7. The van der Waals surface area contributed by atoms with Crippen molar-refractivity contribution in [1.29, 1.82) is 0 Å². The molecular formula is C22H17ClN4O3S. The molecule has 1 aliphatic carbocycles. The zero-order chi connectivity index (χ0) is 21.5. The van der Waals surface area contributed by atoms with Crippen molar-refractivity contribution in [1.82, 2.24) is 14.8 Å². The second-order valence-corrected chi connectivity index (χ2v) is 8.17. The van der Waals surface area contributed by atoms with Gasteiger partial charge in [-0.1, -0.05) is 23.7 Å². The van der Waals surface area contributed by atoms with Crippen molar-refractivity contribution in [3.05, 3.63) is 69.8 Å². The fraction of sp³-hybridized carbons (Fsp3) is 0.136. The standard InChI is InChI=1S/C22H17ClN4O3S/c1-29-17-10-12-9-14-19(21(28)25-22-24-7-8-31-22)26-27(16-6-4-3-5-15(16)23)20(14)13(12)11-18(17)30-2/h3-8,10-11H,9H2,1-2H3,(H,24,25,28). The summed E-state index contributed by atoms with van der Waals surface area (Å²) in [5, 5.41) is 10.4. The van der Waals surface area contributed by atoms with Gasteiger partial charge in [0.25, 0.3) is 5.91 Å². The number of fused-ring (bicyclic) bond motifs is 3. The van der Waals surface area contributed by atoms with Crippen molar-refractivity contribution < 1.29 is 14.3 Å². The molecule has 0 fully saturated rings. The SMILES string of the molecule is COc1cc2c(cc1OC)-c1c(c(C(=O)Nc3nccs3)nn1-c1ccccc1Cl)C2. The van der Waals surface area contributed by atoms with E-state index in [1.165, 1.54) is 11.3 Å². The first-order valence-corrected chi connectivity index (χ1v) is 10.7. The van der Waals surface area contributed by atoms with Crippen LogP contribution >= 0.6 is 22.9 Å². The maximum atomic E-state index is 13.1. The van der Waals surface area contributed by atoms with E-state index in [0.29, 0.717) is 39.5 Å². The number of rotatable bonds is 5. The third-order valence-corrected chi connectivity index (χ3v) is 6.17. The first-order chi connectivity index (χ1) is 15.1. The summed E-state index contributed by atoms with van der Waals surface area (Å²) in [4.78, 5) is 17.2. The lowest BCUT2D eigenvalue weighted by atomic mass is 10.1. The molecular weight excluding hydrogens is 436 g/mol. The second-order valence-electron chi connectivity index (χ2n) is 6.87. The van der Waals surface area contributed by atoms with Gasteiger partial charge in [0, 0.05) is 29.1 Å². The van der Waals surface area contributed by atoms with Crippen LogP contribution in [0.4, 0.5) is 5.13 Å². The number of halogens is 1. The summed E-state index contributed by atoms with van der Waals surface area (Å²) in [6.45, 7) is 0.